The molecule has 8 rings (SSSR count). The number of methoxy groups -OCH3 is 2. The lowest BCUT2D eigenvalue weighted by atomic mass is 9.84. The fourth-order valence-electron chi connectivity index (χ4n) is 7.65. The summed E-state index contributed by atoms with van der Waals surface area (Å²) in [5, 5.41) is 11.2. The molecule has 0 radical (unpaired) electrons. The van der Waals surface area contributed by atoms with Gasteiger partial charge in [0.15, 0.2) is 5.78 Å². The van der Waals surface area contributed by atoms with Gasteiger partial charge in [0.1, 0.15) is 45.7 Å². The number of aryl methyl sites for hydroxylation is 2. The van der Waals surface area contributed by atoms with E-state index in [1.165, 1.54) is 0 Å². The molecule has 0 fully saturated rings. The van der Waals surface area contributed by atoms with Gasteiger partial charge in [-0.1, -0.05) is 18.2 Å². The molecule has 8 nitrogen and oxygen atoms in total. The average Bonchev–Trinajstić information content (AvgIpc) is 3.15. The van der Waals surface area contributed by atoms with Gasteiger partial charge in [0, 0.05) is 33.7 Å². The lowest BCUT2D eigenvalue weighted by Gasteiger charge is -2.32. The molecule has 4 aromatic rings. The van der Waals surface area contributed by atoms with Gasteiger partial charge in [0.2, 0.25) is 0 Å². The monoisotopic (exact) mass is 730 g/mol. The SMILES string of the molecule is COc1cc2c(cc1C)OCCC2C(=O)c1ccc2c(c1)C=CC(C)(C)O2.COc1cc2c(cc1C)OCCC2C(O)c1ccc2c(c1)C=CC(C)(C)O2. The highest BCUT2D eigenvalue weighted by Gasteiger charge is 2.33. The first-order valence-corrected chi connectivity index (χ1v) is 18.7. The van der Waals surface area contributed by atoms with Gasteiger partial charge < -0.3 is 33.5 Å². The maximum atomic E-state index is 13.3. The molecule has 4 aliphatic heterocycles. The lowest BCUT2D eigenvalue weighted by Crippen LogP contribution is -2.27. The topological polar surface area (TPSA) is 92.7 Å². The fraction of sp³-hybridized carbons (Fsp3) is 0.370. The smallest absolute Gasteiger partial charge is 0.170 e. The third kappa shape index (κ3) is 7.45. The van der Waals surface area contributed by atoms with E-state index in [0.717, 1.165) is 79.9 Å². The van der Waals surface area contributed by atoms with Crippen molar-refractivity contribution in [2.24, 2.45) is 0 Å². The number of carbonyl (C=O) groups excluding carboxylic acids is 1. The minimum Gasteiger partial charge on any atom is -0.496 e. The fourth-order valence-corrected chi connectivity index (χ4v) is 7.65. The molecule has 8 heteroatoms. The maximum Gasteiger partial charge on any atom is 0.170 e. The van der Waals surface area contributed by atoms with Gasteiger partial charge in [-0.3, -0.25) is 4.79 Å². The molecule has 0 saturated heterocycles. The van der Waals surface area contributed by atoms with Gasteiger partial charge in [-0.2, -0.15) is 0 Å². The van der Waals surface area contributed by atoms with Crippen LogP contribution in [0.5, 0.6) is 34.5 Å². The zero-order chi connectivity index (χ0) is 38.4. The van der Waals surface area contributed by atoms with E-state index in [9.17, 15) is 9.90 Å². The molecule has 4 aliphatic rings. The zero-order valence-corrected chi connectivity index (χ0v) is 32.4. The first-order valence-electron chi connectivity index (χ1n) is 18.7. The van der Waals surface area contributed by atoms with Crippen LogP contribution in [0.3, 0.4) is 0 Å². The predicted molar refractivity (Wildman–Crippen MR) is 211 cm³/mol. The first-order chi connectivity index (χ1) is 25.8. The molecule has 0 saturated carbocycles. The van der Waals surface area contributed by atoms with Crippen LogP contribution in [0, 0.1) is 13.8 Å². The molecule has 0 bridgehead atoms. The van der Waals surface area contributed by atoms with E-state index in [4.69, 9.17) is 28.4 Å². The Morgan fingerprint density at radius 3 is 1.85 bits per heavy atom. The Morgan fingerprint density at radius 1 is 0.704 bits per heavy atom. The Bertz CT molecular complexity index is 2140. The van der Waals surface area contributed by atoms with Crippen LogP contribution >= 0.6 is 0 Å². The molecule has 0 spiro atoms. The Kier molecular flexibility index (Phi) is 10.0. The predicted octanol–water partition coefficient (Wildman–Crippen LogP) is 9.72. The number of carbonyl (C=O) groups is 1. The quantitative estimate of drug-likeness (QED) is 0.196. The van der Waals surface area contributed by atoms with Crippen molar-refractivity contribution in [3.8, 4) is 34.5 Å². The number of benzene rings is 4. The van der Waals surface area contributed by atoms with Crippen molar-refractivity contribution in [1.82, 2.24) is 0 Å². The summed E-state index contributed by atoms with van der Waals surface area (Å²) in [4.78, 5) is 13.3. The van der Waals surface area contributed by atoms with Crippen molar-refractivity contribution in [2.45, 2.75) is 83.5 Å². The van der Waals surface area contributed by atoms with E-state index in [1.54, 1.807) is 14.2 Å². The lowest BCUT2D eigenvalue weighted by molar-refractivity contribution is 0.0932. The number of hydrogen-bond acceptors (Lipinski definition) is 8. The van der Waals surface area contributed by atoms with Gasteiger partial charge in [-0.15, -0.1) is 0 Å². The van der Waals surface area contributed by atoms with Crippen molar-refractivity contribution in [3.05, 3.63) is 117 Å². The van der Waals surface area contributed by atoms with Crippen molar-refractivity contribution < 1.29 is 38.3 Å². The third-order valence-electron chi connectivity index (χ3n) is 10.6. The number of fused-ring (bicyclic) bond motifs is 4. The first kappa shape index (κ1) is 37.1. The largest absolute Gasteiger partial charge is 0.496 e. The van der Waals surface area contributed by atoms with Crippen molar-refractivity contribution in [3.63, 3.8) is 0 Å². The summed E-state index contributed by atoms with van der Waals surface area (Å²) in [6.45, 7) is 13.2. The van der Waals surface area contributed by atoms with Crippen LogP contribution < -0.4 is 28.4 Å². The molecule has 0 amide bonds. The highest BCUT2D eigenvalue weighted by Crippen LogP contribution is 2.45. The molecule has 0 aromatic heterocycles. The minimum absolute atomic E-state index is 0.0359. The summed E-state index contributed by atoms with van der Waals surface area (Å²) in [6.07, 6.45) is 8.96. The van der Waals surface area contributed by atoms with Crippen LogP contribution in [0.4, 0.5) is 0 Å². The summed E-state index contributed by atoms with van der Waals surface area (Å²) in [5.74, 6) is 4.71. The van der Waals surface area contributed by atoms with E-state index in [1.807, 2.05) is 120 Å². The van der Waals surface area contributed by atoms with Crippen molar-refractivity contribution >= 4 is 17.9 Å². The Morgan fingerprint density at radius 2 is 1.24 bits per heavy atom. The summed E-state index contributed by atoms with van der Waals surface area (Å²) >= 11 is 0. The number of aliphatic hydroxyl groups is 1. The van der Waals surface area contributed by atoms with E-state index >= 15 is 0 Å². The molecule has 54 heavy (non-hydrogen) atoms. The minimum atomic E-state index is -0.617. The number of ether oxygens (including phenoxy) is 6. The summed E-state index contributed by atoms with van der Waals surface area (Å²) in [5.41, 5.74) is 6.83. The van der Waals surface area contributed by atoms with E-state index in [0.29, 0.717) is 25.2 Å². The Hall–Kier alpha value is -5.21. The summed E-state index contributed by atoms with van der Waals surface area (Å²) in [7, 11) is 3.31. The summed E-state index contributed by atoms with van der Waals surface area (Å²) < 4.78 is 34.5. The van der Waals surface area contributed by atoms with Crippen LogP contribution in [-0.2, 0) is 0 Å². The number of ketones is 1. The molecule has 3 atom stereocenters. The standard InChI is InChI=1S/C23H26O4.C23H24O4/c2*1-14-11-21-18(13-20(14)25-4)17(8-10-26-21)22(24)16-5-6-19-15(12-16)7-9-23(2,3)27-19/h5-7,9,11-13,17,22,24H,8,10H2,1-4H3;5-7,9,11-13,17H,8,10H2,1-4H3. The number of Topliss-reactive ketones (excluding diaryl/α,β-unsaturated/α-hetero) is 1. The van der Waals surface area contributed by atoms with Crippen LogP contribution in [0.15, 0.2) is 72.8 Å². The molecule has 1 N–H and O–H groups in total. The third-order valence-corrected chi connectivity index (χ3v) is 10.6. The summed E-state index contributed by atoms with van der Waals surface area (Å²) in [6, 6.07) is 19.5. The molecule has 4 aromatic carbocycles. The Labute approximate surface area is 318 Å². The van der Waals surface area contributed by atoms with Gasteiger partial charge in [-0.05, 0) is 138 Å². The van der Waals surface area contributed by atoms with Crippen LogP contribution in [0.2, 0.25) is 0 Å². The number of hydrogen-bond donors (Lipinski definition) is 1. The van der Waals surface area contributed by atoms with Gasteiger partial charge in [0.05, 0.1) is 39.5 Å². The highest BCUT2D eigenvalue weighted by molar-refractivity contribution is 6.02. The normalized spacial score (nSPS) is 20.0. The number of rotatable bonds is 6. The second-order valence-corrected chi connectivity index (χ2v) is 15.6. The molecule has 3 unspecified atom stereocenters. The molecule has 0 aliphatic carbocycles. The molecular weight excluding hydrogens is 680 g/mol. The van der Waals surface area contributed by atoms with E-state index in [2.05, 4.69) is 6.08 Å². The van der Waals surface area contributed by atoms with Crippen molar-refractivity contribution in [1.29, 1.82) is 0 Å². The van der Waals surface area contributed by atoms with E-state index in [-0.39, 0.29) is 28.8 Å². The van der Waals surface area contributed by atoms with Gasteiger partial charge in [0.25, 0.3) is 0 Å². The molecule has 4 heterocycles. The van der Waals surface area contributed by atoms with Crippen molar-refractivity contribution in [2.75, 3.05) is 27.4 Å². The van der Waals surface area contributed by atoms with Gasteiger partial charge >= 0.3 is 0 Å². The van der Waals surface area contributed by atoms with Crippen LogP contribution in [0.25, 0.3) is 12.2 Å². The van der Waals surface area contributed by atoms with Crippen LogP contribution in [-0.4, -0.2) is 49.5 Å². The molecule has 282 valence electrons. The van der Waals surface area contributed by atoms with Crippen LogP contribution in [0.1, 0.15) is 108 Å². The average molecular weight is 731 g/mol. The molecular formula is C46H50O8. The maximum absolute atomic E-state index is 13.3. The second-order valence-electron chi connectivity index (χ2n) is 15.6. The zero-order valence-electron chi connectivity index (χ0n) is 32.4. The Balaban J connectivity index is 0.000000167. The second kappa shape index (κ2) is 14.6. The number of aliphatic hydroxyl groups excluding tert-OH is 1. The van der Waals surface area contributed by atoms with Gasteiger partial charge in [-0.25, -0.2) is 0 Å². The van der Waals surface area contributed by atoms with E-state index < -0.39 is 6.10 Å². The highest BCUT2D eigenvalue weighted by atomic mass is 16.5.